The van der Waals surface area contributed by atoms with Crippen LogP contribution in [0.1, 0.15) is 34.6 Å². The van der Waals surface area contributed by atoms with Gasteiger partial charge in [-0.05, 0) is 60.6 Å². The Balaban J connectivity index is 1.59. The van der Waals surface area contributed by atoms with Crippen LogP contribution in [0.4, 0.5) is 0 Å². The minimum Gasteiger partial charge on any atom is -0.496 e. The lowest BCUT2D eigenvalue weighted by molar-refractivity contribution is -0.122. The van der Waals surface area contributed by atoms with Crippen LogP contribution in [0.2, 0.25) is 0 Å². The summed E-state index contributed by atoms with van der Waals surface area (Å²) < 4.78 is 5.30. The maximum atomic E-state index is 12.2. The van der Waals surface area contributed by atoms with E-state index in [1.807, 2.05) is 44.2 Å². The highest BCUT2D eigenvalue weighted by molar-refractivity contribution is 5.86. The molecule has 4 heteroatoms. The van der Waals surface area contributed by atoms with Crippen LogP contribution in [0.5, 0.6) is 5.75 Å². The van der Waals surface area contributed by atoms with E-state index in [2.05, 4.69) is 22.7 Å². The number of nitrogens with one attached hydrogen (secondary N) is 1. The summed E-state index contributed by atoms with van der Waals surface area (Å²) in [6.45, 7) is 3.99. The Labute approximate surface area is 142 Å². The topological polar surface area (TPSA) is 50.7 Å². The van der Waals surface area contributed by atoms with Gasteiger partial charge in [0.1, 0.15) is 5.75 Å². The van der Waals surface area contributed by atoms with Crippen molar-refractivity contribution < 1.29 is 9.53 Å². The van der Waals surface area contributed by atoms with Crippen LogP contribution < -0.4 is 10.2 Å². The molecule has 1 fully saturated rings. The summed E-state index contributed by atoms with van der Waals surface area (Å²) >= 11 is 0. The molecule has 24 heavy (non-hydrogen) atoms. The van der Waals surface area contributed by atoms with E-state index in [0.717, 1.165) is 28.9 Å². The molecular formula is C20H22N2O2. The van der Waals surface area contributed by atoms with Crippen LogP contribution in [0.3, 0.4) is 0 Å². The van der Waals surface area contributed by atoms with Crippen LogP contribution in [-0.4, -0.2) is 19.2 Å². The minimum atomic E-state index is -0.0111. The van der Waals surface area contributed by atoms with Gasteiger partial charge in [-0.15, -0.1) is 0 Å². The van der Waals surface area contributed by atoms with Crippen LogP contribution in [0.15, 0.2) is 47.6 Å². The highest BCUT2D eigenvalue weighted by Crippen LogP contribution is 2.47. The Bertz CT molecular complexity index is 769. The summed E-state index contributed by atoms with van der Waals surface area (Å²) in [5, 5.41) is 4.12. The van der Waals surface area contributed by atoms with E-state index >= 15 is 0 Å². The van der Waals surface area contributed by atoms with Gasteiger partial charge in [0.25, 0.3) is 0 Å². The van der Waals surface area contributed by atoms with Crippen LogP contribution in [0, 0.1) is 19.8 Å². The van der Waals surface area contributed by atoms with Crippen molar-refractivity contribution in [2.24, 2.45) is 11.0 Å². The molecule has 1 amide bonds. The van der Waals surface area contributed by atoms with Gasteiger partial charge in [0.2, 0.25) is 5.91 Å². The third-order valence-corrected chi connectivity index (χ3v) is 4.52. The summed E-state index contributed by atoms with van der Waals surface area (Å²) in [6.07, 6.45) is 2.59. The second-order valence-corrected chi connectivity index (χ2v) is 6.27. The first kappa shape index (κ1) is 16.2. The van der Waals surface area contributed by atoms with E-state index in [9.17, 15) is 4.79 Å². The number of carbonyl (C=O) groups is 1. The quantitative estimate of drug-likeness (QED) is 0.676. The van der Waals surface area contributed by atoms with E-state index in [-0.39, 0.29) is 11.8 Å². The van der Waals surface area contributed by atoms with E-state index in [1.54, 1.807) is 13.3 Å². The lowest BCUT2D eigenvalue weighted by atomic mass is 10.1. The second kappa shape index (κ2) is 6.87. The SMILES string of the molecule is COc1cc(C)c(C=NNC(=O)C2CC2c2ccccc2)cc1C. The highest BCUT2D eigenvalue weighted by atomic mass is 16.5. The normalized spacial score (nSPS) is 19.3. The number of benzene rings is 2. The lowest BCUT2D eigenvalue weighted by Crippen LogP contribution is -2.20. The molecular weight excluding hydrogens is 300 g/mol. The van der Waals surface area contributed by atoms with Gasteiger partial charge in [-0.1, -0.05) is 30.3 Å². The van der Waals surface area contributed by atoms with Gasteiger partial charge in [-0.2, -0.15) is 5.10 Å². The monoisotopic (exact) mass is 322 g/mol. The van der Waals surface area contributed by atoms with Crippen molar-refractivity contribution in [3.8, 4) is 5.75 Å². The van der Waals surface area contributed by atoms with Crippen molar-refractivity contribution in [2.45, 2.75) is 26.2 Å². The van der Waals surface area contributed by atoms with Gasteiger partial charge in [0.05, 0.1) is 13.3 Å². The average Bonchev–Trinajstić information content (AvgIpc) is 3.39. The molecule has 0 radical (unpaired) electrons. The Morgan fingerprint density at radius 2 is 1.96 bits per heavy atom. The maximum absolute atomic E-state index is 12.2. The van der Waals surface area contributed by atoms with Gasteiger partial charge in [-0.25, -0.2) is 5.43 Å². The third-order valence-electron chi connectivity index (χ3n) is 4.52. The molecule has 0 aliphatic heterocycles. The zero-order valence-corrected chi connectivity index (χ0v) is 14.2. The molecule has 0 aromatic heterocycles. The Kier molecular flexibility index (Phi) is 4.65. The standard InChI is InChI=1S/C20H22N2O2/c1-13-10-19(24-3)14(2)9-16(13)12-21-22-20(23)18-11-17(18)15-7-5-4-6-8-15/h4-10,12,17-18H,11H2,1-3H3,(H,22,23). The van der Waals surface area contributed by atoms with Crippen molar-refractivity contribution in [1.29, 1.82) is 0 Å². The molecule has 0 bridgehead atoms. The molecule has 1 N–H and O–H groups in total. The van der Waals surface area contributed by atoms with E-state index < -0.39 is 0 Å². The smallest absolute Gasteiger partial charge is 0.243 e. The predicted molar refractivity (Wildman–Crippen MR) is 95.5 cm³/mol. The average molecular weight is 322 g/mol. The number of amides is 1. The Morgan fingerprint density at radius 3 is 2.67 bits per heavy atom. The largest absolute Gasteiger partial charge is 0.496 e. The molecule has 1 aliphatic rings. The van der Waals surface area contributed by atoms with E-state index in [0.29, 0.717) is 5.92 Å². The molecule has 2 atom stereocenters. The Morgan fingerprint density at radius 1 is 1.21 bits per heavy atom. The molecule has 4 nitrogen and oxygen atoms in total. The van der Waals surface area contributed by atoms with Crippen LogP contribution in [-0.2, 0) is 4.79 Å². The van der Waals surface area contributed by atoms with Crippen molar-refractivity contribution in [3.05, 3.63) is 64.7 Å². The summed E-state index contributed by atoms with van der Waals surface area (Å²) in [6, 6.07) is 14.1. The van der Waals surface area contributed by atoms with Crippen molar-refractivity contribution in [3.63, 3.8) is 0 Å². The van der Waals surface area contributed by atoms with Crippen molar-refractivity contribution >= 4 is 12.1 Å². The first-order valence-corrected chi connectivity index (χ1v) is 8.13. The fourth-order valence-corrected chi connectivity index (χ4v) is 2.97. The van der Waals surface area contributed by atoms with Crippen molar-refractivity contribution in [2.75, 3.05) is 7.11 Å². The maximum Gasteiger partial charge on any atom is 0.243 e. The second-order valence-electron chi connectivity index (χ2n) is 6.27. The molecule has 1 aliphatic carbocycles. The number of nitrogens with zero attached hydrogens (tertiary/aromatic N) is 1. The number of ether oxygens (including phenoxy) is 1. The summed E-state index contributed by atoms with van der Waals surface area (Å²) in [5.74, 6) is 1.20. The first-order chi connectivity index (χ1) is 11.6. The number of hydrazone groups is 1. The molecule has 2 aromatic rings. The number of aryl methyl sites for hydroxylation is 2. The van der Waals surface area contributed by atoms with Gasteiger partial charge in [-0.3, -0.25) is 4.79 Å². The molecule has 0 heterocycles. The molecule has 0 spiro atoms. The molecule has 3 rings (SSSR count). The highest BCUT2D eigenvalue weighted by Gasteiger charge is 2.43. The molecule has 1 saturated carbocycles. The molecule has 0 saturated heterocycles. The molecule has 2 aromatic carbocycles. The number of hydrogen-bond acceptors (Lipinski definition) is 3. The first-order valence-electron chi connectivity index (χ1n) is 8.13. The van der Waals surface area contributed by atoms with Gasteiger partial charge in [0.15, 0.2) is 0 Å². The zero-order valence-electron chi connectivity index (χ0n) is 14.2. The number of carbonyl (C=O) groups excluding carboxylic acids is 1. The summed E-state index contributed by atoms with van der Waals surface area (Å²) in [7, 11) is 1.66. The zero-order chi connectivity index (χ0) is 17.1. The number of methoxy groups -OCH3 is 1. The fourth-order valence-electron chi connectivity index (χ4n) is 2.97. The van der Waals surface area contributed by atoms with Crippen LogP contribution >= 0.6 is 0 Å². The van der Waals surface area contributed by atoms with Gasteiger partial charge in [0, 0.05) is 5.92 Å². The number of rotatable bonds is 5. The summed E-state index contributed by atoms with van der Waals surface area (Å²) in [4.78, 5) is 12.2. The third kappa shape index (κ3) is 3.48. The van der Waals surface area contributed by atoms with Gasteiger partial charge < -0.3 is 4.74 Å². The van der Waals surface area contributed by atoms with E-state index in [4.69, 9.17) is 4.74 Å². The molecule has 124 valence electrons. The van der Waals surface area contributed by atoms with Crippen molar-refractivity contribution in [1.82, 2.24) is 5.43 Å². The van der Waals surface area contributed by atoms with E-state index in [1.165, 1.54) is 5.56 Å². The molecule has 2 unspecified atom stereocenters. The van der Waals surface area contributed by atoms with Crippen LogP contribution in [0.25, 0.3) is 0 Å². The predicted octanol–water partition coefficient (Wildman–Crippen LogP) is 3.57. The lowest BCUT2D eigenvalue weighted by Gasteiger charge is -2.08. The number of hydrogen-bond donors (Lipinski definition) is 1. The fraction of sp³-hybridized carbons (Fsp3) is 0.300. The minimum absolute atomic E-state index is 0.0111. The summed E-state index contributed by atoms with van der Waals surface area (Å²) in [5.41, 5.74) is 6.97. The Hall–Kier alpha value is -2.62. The van der Waals surface area contributed by atoms with Gasteiger partial charge >= 0.3 is 0 Å².